The van der Waals surface area contributed by atoms with E-state index in [1.54, 1.807) is 31.5 Å². The molecule has 80 valence electrons. The van der Waals surface area contributed by atoms with Crippen molar-refractivity contribution >= 4 is 20.9 Å². The van der Waals surface area contributed by atoms with Crippen LogP contribution in [0.15, 0.2) is 30.5 Å². The van der Waals surface area contributed by atoms with E-state index in [2.05, 4.69) is 0 Å². The van der Waals surface area contributed by atoms with Gasteiger partial charge in [-0.1, -0.05) is 0 Å². The second-order valence-corrected chi connectivity index (χ2v) is 5.16. The van der Waals surface area contributed by atoms with Gasteiger partial charge >= 0.3 is 0 Å². The molecule has 0 amide bonds. The largest absolute Gasteiger partial charge is 0.497 e. The lowest BCUT2D eigenvalue weighted by Crippen LogP contribution is -2.07. The van der Waals surface area contributed by atoms with E-state index in [1.165, 1.54) is 10.2 Å². The molecule has 0 aliphatic heterocycles. The number of hydrogen-bond donors (Lipinski definition) is 0. The molecule has 5 heteroatoms. The van der Waals surface area contributed by atoms with Crippen LogP contribution < -0.4 is 4.74 Å². The summed E-state index contributed by atoms with van der Waals surface area (Å²) in [5, 5.41) is 0.876. The number of nitrogens with zero attached hydrogens (tertiary/aromatic N) is 1. The fraction of sp³-hybridized carbons (Fsp3) is 0.200. The molecule has 0 aliphatic rings. The Bertz CT molecular complexity index is 598. The normalized spacial score (nSPS) is 11.9. The Morgan fingerprint density at radius 3 is 2.60 bits per heavy atom. The topological polar surface area (TPSA) is 48.3 Å². The van der Waals surface area contributed by atoms with Crippen LogP contribution >= 0.6 is 0 Å². The zero-order valence-electron chi connectivity index (χ0n) is 8.47. The third-order valence-electron chi connectivity index (χ3n) is 2.22. The second kappa shape index (κ2) is 3.27. The molecule has 0 saturated heterocycles. The molecule has 1 aromatic carbocycles. The number of methoxy groups -OCH3 is 1. The molecule has 0 saturated carbocycles. The highest BCUT2D eigenvalue weighted by atomic mass is 32.2. The van der Waals surface area contributed by atoms with Crippen molar-refractivity contribution in [3.8, 4) is 5.75 Å². The maximum Gasteiger partial charge on any atom is 0.236 e. The van der Waals surface area contributed by atoms with Gasteiger partial charge in [0.2, 0.25) is 10.0 Å². The van der Waals surface area contributed by atoms with E-state index >= 15 is 0 Å². The van der Waals surface area contributed by atoms with Crippen molar-refractivity contribution in [2.45, 2.75) is 0 Å². The van der Waals surface area contributed by atoms with E-state index in [0.29, 0.717) is 11.3 Å². The van der Waals surface area contributed by atoms with Crippen molar-refractivity contribution in [1.82, 2.24) is 3.97 Å². The summed E-state index contributed by atoms with van der Waals surface area (Å²) >= 11 is 0. The van der Waals surface area contributed by atoms with Gasteiger partial charge in [0.05, 0.1) is 18.9 Å². The maximum atomic E-state index is 11.4. The summed E-state index contributed by atoms with van der Waals surface area (Å²) in [6, 6.07) is 7.09. The van der Waals surface area contributed by atoms with Crippen molar-refractivity contribution in [1.29, 1.82) is 0 Å². The summed E-state index contributed by atoms with van der Waals surface area (Å²) in [5.74, 6) is 0.645. The fourth-order valence-corrected chi connectivity index (χ4v) is 2.30. The van der Waals surface area contributed by atoms with Crippen LogP contribution in [0.4, 0.5) is 0 Å². The molecule has 0 unspecified atom stereocenters. The van der Waals surface area contributed by atoms with E-state index in [9.17, 15) is 8.42 Å². The quantitative estimate of drug-likeness (QED) is 0.777. The molecular formula is C10H11NO3S. The van der Waals surface area contributed by atoms with Gasteiger partial charge in [-0.15, -0.1) is 0 Å². The fourth-order valence-electron chi connectivity index (χ4n) is 1.50. The molecule has 0 spiro atoms. The van der Waals surface area contributed by atoms with Gasteiger partial charge in [0.15, 0.2) is 0 Å². The van der Waals surface area contributed by atoms with Gasteiger partial charge < -0.3 is 4.74 Å². The molecule has 4 nitrogen and oxygen atoms in total. The van der Waals surface area contributed by atoms with Gasteiger partial charge in [-0.3, -0.25) is 0 Å². The molecule has 0 aliphatic carbocycles. The van der Waals surface area contributed by atoms with Crippen molar-refractivity contribution in [3.63, 3.8) is 0 Å². The van der Waals surface area contributed by atoms with Crippen molar-refractivity contribution in [2.75, 3.05) is 13.4 Å². The third kappa shape index (κ3) is 1.70. The number of aromatic nitrogens is 1. The van der Waals surface area contributed by atoms with Crippen molar-refractivity contribution < 1.29 is 13.2 Å². The molecule has 0 radical (unpaired) electrons. The SMILES string of the molecule is COc1ccc2ccn(S(C)(=O)=O)c2c1. The summed E-state index contributed by atoms with van der Waals surface area (Å²) in [6.45, 7) is 0. The van der Waals surface area contributed by atoms with Gasteiger partial charge in [0, 0.05) is 17.6 Å². The number of benzene rings is 1. The van der Waals surface area contributed by atoms with Crippen LogP contribution in [0.2, 0.25) is 0 Å². The Morgan fingerprint density at radius 1 is 1.27 bits per heavy atom. The van der Waals surface area contributed by atoms with Gasteiger partial charge in [-0.05, 0) is 18.2 Å². The highest BCUT2D eigenvalue weighted by molar-refractivity contribution is 7.89. The minimum absolute atomic E-state index is 0.636. The van der Waals surface area contributed by atoms with E-state index in [4.69, 9.17) is 4.74 Å². The van der Waals surface area contributed by atoms with E-state index in [0.717, 1.165) is 5.39 Å². The molecule has 2 rings (SSSR count). The Labute approximate surface area is 88.1 Å². The van der Waals surface area contributed by atoms with Gasteiger partial charge in [0.25, 0.3) is 0 Å². The van der Waals surface area contributed by atoms with Crippen molar-refractivity contribution in [3.05, 3.63) is 30.5 Å². The zero-order valence-corrected chi connectivity index (χ0v) is 9.28. The first-order chi connectivity index (χ1) is 7.02. The molecule has 0 bridgehead atoms. The first-order valence-electron chi connectivity index (χ1n) is 4.38. The third-order valence-corrected chi connectivity index (χ3v) is 3.25. The van der Waals surface area contributed by atoms with Gasteiger partial charge in [0.1, 0.15) is 5.75 Å². The molecular weight excluding hydrogens is 214 g/mol. The first kappa shape index (κ1) is 10.0. The molecule has 1 aromatic heterocycles. The number of hydrogen-bond acceptors (Lipinski definition) is 3. The average Bonchev–Trinajstić information content (AvgIpc) is 2.59. The smallest absolute Gasteiger partial charge is 0.236 e. The standard InChI is InChI=1S/C10H11NO3S/c1-14-9-4-3-8-5-6-11(10(8)7-9)15(2,12)13/h3-7H,1-2H3. The van der Waals surface area contributed by atoms with E-state index in [1.807, 2.05) is 6.07 Å². The van der Waals surface area contributed by atoms with Crippen molar-refractivity contribution in [2.24, 2.45) is 0 Å². The maximum absolute atomic E-state index is 11.4. The van der Waals surface area contributed by atoms with Crippen LogP contribution in [-0.2, 0) is 10.0 Å². The second-order valence-electron chi connectivity index (χ2n) is 3.30. The van der Waals surface area contributed by atoms with Crippen LogP contribution in [0.1, 0.15) is 0 Å². The molecule has 0 fully saturated rings. The lowest BCUT2D eigenvalue weighted by molar-refractivity contribution is 0.415. The van der Waals surface area contributed by atoms with E-state index < -0.39 is 10.0 Å². The number of fused-ring (bicyclic) bond motifs is 1. The molecule has 1 heterocycles. The highest BCUT2D eigenvalue weighted by Crippen LogP contribution is 2.22. The monoisotopic (exact) mass is 225 g/mol. The number of rotatable bonds is 2. The predicted molar refractivity (Wildman–Crippen MR) is 58.7 cm³/mol. The minimum atomic E-state index is -3.25. The van der Waals surface area contributed by atoms with Crippen LogP contribution in [0.3, 0.4) is 0 Å². The van der Waals surface area contributed by atoms with Gasteiger partial charge in [-0.2, -0.15) is 0 Å². The Morgan fingerprint density at radius 2 is 2.00 bits per heavy atom. The first-order valence-corrected chi connectivity index (χ1v) is 6.23. The summed E-state index contributed by atoms with van der Waals surface area (Å²) in [5.41, 5.74) is 0.636. The Kier molecular flexibility index (Phi) is 2.19. The number of ether oxygens (including phenoxy) is 1. The molecule has 0 N–H and O–H groups in total. The minimum Gasteiger partial charge on any atom is -0.497 e. The van der Waals surface area contributed by atoms with Crippen LogP contribution in [0.5, 0.6) is 5.75 Å². The lowest BCUT2D eigenvalue weighted by atomic mass is 10.2. The van der Waals surface area contributed by atoms with Crippen LogP contribution in [0.25, 0.3) is 10.9 Å². The molecule has 2 aromatic rings. The van der Waals surface area contributed by atoms with E-state index in [-0.39, 0.29) is 0 Å². The molecule has 15 heavy (non-hydrogen) atoms. The van der Waals surface area contributed by atoms with Gasteiger partial charge in [-0.25, -0.2) is 12.4 Å². The summed E-state index contributed by atoms with van der Waals surface area (Å²) in [7, 11) is -1.70. The summed E-state index contributed by atoms with van der Waals surface area (Å²) < 4.78 is 29.2. The summed E-state index contributed by atoms with van der Waals surface area (Å²) in [6.07, 6.45) is 2.71. The Balaban J connectivity index is 2.78. The van der Waals surface area contributed by atoms with Crippen LogP contribution in [0, 0.1) is 0 Å². The van der Waals surface area contributed by atoms with Crippen LogP contribution in [-0.4, -0.2) is 25.8 Å². The average molecular weight is 225 g/mol. The zero-order chi connectivity index (χ0) is 11.1. The highest BCUT2D eigenvalue weighted by Gasteiger charge is 2.09. The molecule has 0 atom stereocenters. The lowest BCUT2D eigenvalue weighted by Gasteiger charge is -2.03. The Hall–Kier alpha value is -1.49. The predicted octanol–water partition coefficient (Wildman–Crippen LogP) is 1.46. The summed E-state index contributed by atoms with van der Waals surface area (Å²) in [4.78, 5) is 0.